The van der Waals surface area contributed by atoms with Crippen LogP contribution in [0.15, 0.2) is 18.3 Å². The number of anilines is 1. The van der Waals surface area contributed by atoms with Crippen molar-refractivity contribution < 1.29 is 4.79 Å². The summed E-state index contributed by atoms with van der Waals surface area (Å²) in [6.45, 7) is 3.26. The molecule has 1 amide bonds. The van der Waals surface area contributed by atoms with Gasteiger partial charge < -0.3 is 15.1 Å². The second-order valence-corrected chi connectivity index (χ2v) is 5.86. The number of nitrogens with zero attached hydrogens (tertiary/aromatic N) is 4. The maximum absolute atomic E-state index is 12.5. The number of hydrogen-bond donors (Lipinski definition) is 1. The van der Waals surface area contributed by atoms with Crippen LogP contribution in [0, 0.1) is 11.5 Å². The summed E-state index contributed by atoms with van der Waals surface area (Å²) in [6, 6.07) is 3.95. The maximum atomic E-state index is 12.5. The van der Waals surface area contributed by atoms with Gasteiger partial charge in [0.15, 0.2) is 11.9 Å². The van der Waals surface area contributed by atoms with E-state index in [-0.39, 0.29) is 11.9 Å². The average Bonchev–Trinajstić information content (AvgIpc) is 3.23. The lowest BCUT2D eigenvalue weighted by Crippen LogP contribution is -2.38. The van der Waals surface area contributed by atoms with Crippen molar-refractivity contribution in [2.24, 2.45) is 0 Å². The Morgan fingerprint density at radius 3 is 2.95 bits per heavy atom. The minimum Gasteiger partial charge on any atom is -0.370 e. The van der Waals surface area contributed by atoms with E-state index in [1.165, 1.54) is 0 Å². The first-order valence-corrected chi connectivity index (χ1v) is 7.94. The monoisotopic (exact) mass is 299 g/mol. The van der Waals surface area contributed by atoms with Crippen LogP contribution < -0.4 is 10.2 Å². The lowest BCUT2D eigenvalue weighted by molar-refractivity contribution is 0.0941. The molecule has 1 N–H and O–H groups in total. The zero-order valence-electron chi connectivity index (χ0n) is 12.7. The molecule has 1 atom stereocenters. The highest BCUT2D eigenvalue weighted by Crippen LogP contribution is 2.23. The molecule has 6 heteroatoms. The molecule has 116 valence electrons. The number of pyridine rings is 1. The lowest BCUT2D eigenvalue weighted by Gasteiger charge is -2.21. The standard InChI is InChI=1S/C16H21N5O/c17-12-21-10-4-5-13(21)11-19-16(22)15-14(6-3-7-18-15)20-8-1-2-9-20/h3,6-7,13H,1-2,4-5,8-11H2,(H,19,22). The van der Waals surface area contributed by atoms with Crippen LogP contribution >= 0.6 is 0 Å². The highest BCUT2D eigenvalue weighted by molar-refractivity contribution is 5.97. The van der Waals surface area contributed by atoms with E-state index in [0.717, 1.165) is 51.0 Å². The highest BCUT2D eigenvalue weighted by Gasteiger charge is 2.25. The molecule has 2 aliphatic heterocycles. The van der Waals surface area contributed by atoms with E-state index in [1.807, 2.05) is 12.1 Å². The molecule has 0 saturated carbocycles. The molecule has 1 aromatic rings. The molecule has 2 fully saturated rings. The van der Waals surface area contributed by atoms with Crippen LogP contribution in [0.4, 0.5) is 5.69 Å². The van der Waals surface area contributed by atoms with Gasteiger partial charge in [-0.05, 0) is 37.8 Å². The van der Waals surface area contributed by atoms with Crippen LogP contribution in [0.3, 0.4) is 0 Å². The van der Waals surface area contributed by atoms with E-state index in [0.29, 0.717) is 12.2 Å². The first-order chi connectivity index (χ1) is 10.8. The van der Waals surface area contributed by atoms with Gasteiger partial charge >= 0.3 is 0 Å². The number of amides is 1. The molecule has 2 aliphatic rings. The number of hydrogen-bond acceptors (Lipinski definition) is 5. The molecule has 0 bridgehead atoms. The lowest BCUT2D eigenvalue weighted by atomic mass is 10.2. The van der Waals surface area contributed by atoms with Gasteiger partial charge in [0, 0.05) is 32.4 Å². The number of rotatable bonds is 4. The average molecular weight is 299 g/mol. The molecular weight excluding hydrogens is 278 g/mol. The second-order valence-electron chi connectivity index (χ2n) is 5.86. The van der Waals surface area contributed by atoms with Gasteiger partial charge in [-0.3, -0.25) is 4.79 Å². The Bertz CT molecular complexity index is 576. The van der Waals surface area contributed by atoms with Gasteiger partial charge in [0.1, 0.15) is 0 Å². The molecule has 0 aromatic carbocycles. The molecule has 1 aromatic heterocycles. The molecule has 6 nitrogen and oxygen atoms in total. The largest absolute Gasteiger partial charge is 0.370 e. The van der Waals surface area contributed by atoms with Crippen molar-refractivity contribution in [3.05, 3.63) is 24.0 Å². The zero-order chi connectivity index (χ0) is 15.4. The second kappa shape index (κ2) is 6.65. The van der Waals surface area contributed by atoms with Crippen molar-refractivity contribution in [2.75, 3.05) is 31.1 Å². The topological polar surface area (TPSA) is 72.3 Å². The minimum atomic E-state index is -0.146. The van der Waals surface area contributed by atoms with Crippen LogP contribution in [-0.2, 0) is 0 Å². The van der Waals surface area contributed by atoms with Crippen molar-refractivity contribution in [3.8, 4) is 6.19 Å². The first-order valence-electron chi connectivity index (χ1n) is 7.94. The van der Waals surface area contributed by atoms with E-state index >= 15 is 0 Å². The van der Waals surface area contributed by atoms with Crippen molar-refractivity contribution >= 4 is 11.6 Å². The Balaban J connectivity index is 1.66. The number of carbonyl (C=O) groups is 1. The third kappa shape index (κ3) is 2.98. The van der Waals surface area contributed by atoms with Crippen LogP contribution in [-0.4, -0.2) is 48.0 Å². The number of carbonyl (C=O) groups excluding carboxylic acids is 1. The third-order valence-corrected chi connectivity index (χ3v) is 4.45. The van der Waals surface area contributed by atoms with Crippen LogP contribution in [0.2, 0.25) is 0 Å². The highest BCUT2D eigenvalue weighted by atomic mass is 16.1. The molecule has 2 saturated heterocycles. The van der Waals surface area contributed by atoms with E-state index in [2.05, 4.69) is 21.4 Å². The Kier molecular flexibility index (Phi) is 4.42. The van der Waals surface area contributed by atoms with Crippen molar-refractivity contribution in [1.29, 1.82) is 5.26 Å². The van der Waals surface area contributed by atoms with Gasteiger partial charge in [-0.2, -0.15) is 5.26 Å². The number of likely N-dealkylation sites (tertiary alicyclic amines) is 1. The molecular formula is C16H21N5O. The smallest absolute Gasteiger partial charge is 0.272 e. The van der Waals surface area contributed by atoms with Gasteiger partial charge in [-0.25, -0.2) is 4.98 Å². The molecule has 0 aliphatic carbocycles. The maximum Gasteiger partial charge on any atom is 0.272 e. The molecule has 3 rings (SSSR count). The van der Waals surface area contributed by atoms with Gasteiger partial charge in [-0.1, -0.05) is 0 Å². The summed E-state index contributed by atoms with van der Waals surface area (Å²) in [5.41, 5.74) is 1.41. The fraction of sp³-hybridized carbons (Fsp3) is 0.562. The SMILES string of the molecule is N#CN1CCCC1CNC(=O)c1ncccc1N1CCCC1. The Morgan fingerprint density at radius 2 is 2.18 bits per heavy atom. The Hall–Kier alpha value is -2.29. The quantitative estimate of drug-likeness (QED) is 0.850. The molecule has 22 heavy (non-hydrogen) atoms. The summed E-state index contributed by atoms with van der Waals surface area (Å²) in [4.78, 5) is 20.7. The van der Waals surface area contributed by atoms with Gasteiger partial charge in [0.2, 0.25) is 0 Å². The van der Waals surface area contributed by atoms with Crippen LogP contribution in [0.25, 0.3) is 0 Å². The molecule has 1 unspecified atom stereocenters. The third-order valence-electron chi connectivity index (χ3n) is 4.45. The van der Waals surface area contributed by atoms with E-state index in [9.17, 15) is 4.79 Å². The van der Waals surface area contributed by atoms with Crippen LogP contribution in [0.1, 0.15) is 36.2 Å². The zero-order valence-corrected chi connectivity index (χ0v) is 12.7. The summed E-state index contributed by atoms with van der Waals surface area (Å²) in [5, 5.41) is 12.0. The summed E-state index contributed by atoms with van der Waals surface area (Å²) in [6.07, 6.45) is 8.14. The fourth-order valence-electron chi connectivity index (χ4n) is 3.26. The van der Waals surface area contributed by atoms with E-state index < -0.39 is 0 Å². The number of nitriles is 1. The van der Waals surface area contributed by atoms with E-state index in [4.69, 9.17) is 5.26 Å². The molecule has 3 heterocycles. The normalized spacial score (nSPS) is 21.0. The summed E-state index contributed by atoms with van der Waals surface area (Å²) in [7, 11) is 0. The van der Waals surface area contributed by atoms with Crippen LogP contribution in [0.5, 0.6) is 0 Å². The first kappa shape index (κ1) is 14.6. The fourth-order valence-corrected chi connectivity index (χ4v) is 3.26. The number of aromatic nitrogens is 1. The Labute approximate surface area is 130 Å². The van der Waals surface area contributed by atoms with Gasteiger partial charge in [0.25, 0.3) is 5.91 Å². The predicted molar refractivity (Wildman–Crippen MR) is 83.4 cm³/mol. The van der Waals surface area contributed by atoms with Gasteiger partial charge in [-0.15, -0.1) is 0 Å². The number of nitrogens with one attached hydrogen (secondary N) is 1. The van der Waals surface area contributed by atoms with Crippen molar-refractivity contribution in [3.63, 3.8) is 0 Å². The summed E-state index contributed by atoms with van der Waals surface area (Å²) in [5.74, 6) is -0.146. The summed E-state index contributed by atoms with van der Waals surface area (Å²) >= 11 is 0. The van der Waals surface area contributed by atoms with Crippen molar-refractivity contribution in [2.45, 2.75) is 31.7 Å². The predicted octanol–water partition coefficient (Wildman–Crippen LogP) is 1.36. The molecule has 0 spiro atoms. The summed E-state index contributed by atoms with van der Waals surface area (Å²) < 4.78 is 0. The van der Waals surface area contributed by atoms with Gasteiger partial charge in [0.05, 0.1) is 11.7 Å². The van der Waals surface area contributed by atoms with E-state index in [1.54, 1.807) is 11.1 Å². The van der Waals surface area contributed by atoms with Crippen molar-refractivity contribution in [1.82, 2.24) is 15.2 Å². The molecule has 0 radical (unpaired) electrons. The minimum absolute atomic E-state index is 0.118. The Morgan fingerprint density at radius 1 is 1.36 bits per heavy atom.